The third-order valence-electron chi connectivity index (χ3n) is 4.99. The van der Waals surface area contributed by atoms with E-state index in [9.17, 15) is 0 Å². The highest BCUT2D eigenvalue weighted by atomic mass is 16.5. The normalized spacial score (nSPS) is 11.0. The molecule has 4 heteroatoms. The summed E-state index contributed by atoms with van der Waals surface area (Å²) in [5.74, 6) is 0.864. The number of benzene rings is 3. The molecule has 0 amide bonds. The van der Waals surface area contributed by atoms with E-state index in [2.05, 4.69) is 64.7 Å². The topological polar surface area (TPSA) is 37.4 Å². The van der Waals surface area contributed by atoms with Crippen LogP contribution in [0.15, 0.2) is 84.9 Å². The maximum Gasteiger partial charge on any atom is 0.121 e. The zero-order valence-electron chi connectivity index (χ0n) is 17.5. The number of likely N-dealkylation sites (N-methyl/N-ethyl adjacent to an activating group) is 1. The van der Waals surface area contributed by atoms with Gasteiger partial charge in [-0.1, -0.05) is 54.6 Å². The minimum absolute atomic E-state index is 0.643. The fraction of sp³-hybridized carbons (Fsp3) is 0.192. The number of fused-ring (bicyclic) bond motifs is 1. The number of pyridine rings is 1. The van der Waals surface area contributed by atoms with Crippen molar-refractivity contribution in [3.05, 3.63) is 96.2 Å². The Bertz CT molecular complexity index is 1110. The van der Waals surface area contributed by atoms with Gasteiger partial charge in [0.1, 0.15) is 12.4 Å². The monoisotopic (exact) mass is 397 g/mol. The molecule has 4 nitrogen and oxygen atoms in total. The van der Waals surface area contributed by atoms with E-state index in [-0.39, 0.29) is 0 Å². The van der Waals surface area contributed by atoms with Gasteiger partial charge in [-0.25, -0.2) is 0 Å². The zero-order chi connectivity index (χ0) is 20.8. The van der Waals surface area contributed by atoms with Crippen LogP contribution in [0.25, 0.3) is 10.9 Å². The molecule has 3 aromatic carbocycles. The Morgan fingerprint density at radius 1 is 0.900 bits per heavy atom. The van der Waals surface area contributed by atoms with Gasteiger partial charge in [0.05, 0.1) is 5.52 Å². The van der Waals surface area contributed by atoms with Crippen LogP contribution in [0, 0.1) is 6.92 Å². The van der Waals surface area contributed by atoms with Gasteiger partial charge < -0.3 is 10.1 Å². The van der Waals surface area contributed by atoms with Crippen LogP contribution in [0.1, 0.15) is 11.3 Å². The van der Waals surface area contributed by atoms with E-state index in [0.717, 1.165) is 46.8 Å². The van der Waals surface area contributed by atoms with Crippen LogP contribution in [0.2, 0.25) is 0 Å². The highest BCUT2D eigenvalue weighted by Crippen LogP contribution is 2.28. The lowest BCUT2D eigenvalue weighted by atomic mass is 10.1. The lowest BCUT2D eigenvalue weighted by molar-refractivity contribution is 0.233. The van der Waals surface area contributed by atoms with Crippen molar-refractivity contribution < 1.29 is 4.74 Å². The van der Waals surface area contributed by atoms with Crippen LogP contribution in [-0.4, -0.2) is 30.1 Å². The molecule has 0 radical (unpaired) electrons. The summed E-state index contributed by atoms with van der Waals surface area (Å²) in [4.78, 5) is 6.88. The van der Waals surface area contributed by atoms with Gasteiger partial charge in [0.2, 0.25) is 0 Å². The molecule has 0 aliphatic rings. The van der Waals surface area contributed by atoms with Crippen LogP contribution in [0.3, 0.4) is 0 Å². The van der Waals surface area contributed by atoms with Gasteiger partial charge in [-0.2, -0.15) is 0 Å². The van der Waals surface area contributed by atoms with Crippen molar-refractivity contribution in [1.82, 2.24) is 9.88 Å². The predicted molar refractivity (Wildman–Crippen MR) is 124 cm³/mol. The summed E-state index contributed by atoms with van der Waals surface area (Å²) in [5, 5.41) is 4.64. The summed E-state index contributed by atoms with van der Waals surface area (Å²) in [7, 11) is 2.12. The van der Waals surface area contributed by atoms with E-state index >= 15 is 0 Å². The van der Waals surface area contributed by atoms with Gasteiger partial charge in [-0.05, 0) is 43.8 Å². The van der Waals surface area contributed by atoms with Gasteiger partial charge in [-0.15, -0.1) is 0 Å². The highest BCUT2D eigenvalue weighted by Gasteiger charge is 2.06. The Morgan fingerprint density at radius 2 is 1.70 bits per heavy atom. The molecule has 30 heavy (non-hydrogen) atoms. The van der Waals surface area contributed by atoms with E-state index in [0.29, 0.717) is 6.61 Å². The number of aromatic nitrogens is 1. The Labute approximate surface area is 178 Å². The number of rotatable bonds is 8. The van der Waals surface area contributed by atoms with Crippen LogP contribution >= 0.6 is 0 Å². The average molecular weight is 398 g/mol. The first kappa shape index (κ1) is 19.9. The molecule has 0 bridgehead atoms. The lowest BCUT2D eigenvalue weighted by Crippen LogP contribution is -2.23. The van der Waals surface area contributed by atoms with Crippen molar-refractivity contribution in [2.75, 3.05) is 25.5 Å². The van der Waals surface area contributed by atoms with E-state index in [1.807, 2.05) is 49.4 Å². The van der Waals surface area contributed by atoms with Gasteiger partial charge >= 0.3 is 0 Å². The van der Waals surface area contributed by atoms with Crippen molar-refractivity contribution in [2.45, 2.75) is 13.5 Å². The number of hydrogen-bond acceptors (Lipinski definition) is 4. The van der Waals surface area contributed by atoms with E-state index < -0.39 is 0 Å². The van der Waals surface area contributed by atoms with Crippen LogP contribution < -0.4 is 10.1 Å². The highest BCUT2D eigenvalue weighted by molar-refractivity contribution is 5.93. The number of ether oxygens (including phenoxy) is 1. The zero-order valence-corrected chi connectivity index (χ0v) is 17.5. The molecule has 0 unspecified atom stereocenters. The number of para-hydroxylation sites is 1. The fourth-order valence-electron chi connectivity index (χ4n) is 3.52. The maximum absolute atomic E-state index is 6.01. The molecule has 1 aromatic heterocycles. The summed E-state index contributed by atoms with van der Waals surface area (Å²) < 4.78 is 6.01. The standard InChI is InChI=1S/C26H27N3O/c1-20-17-26(24-13-6-7-14-25(24)27-20)28-22-11-8-12-23(18-22)30-16-15-29(2)19-21-9-4-3-5-10-21/h3-14,17-18H,15-16,19H2,1-2H3,(H,27,28). The van der Waals surface area contributed by atoms with E-state index in [1.165, 1.54) is 5.56 Å². The van der Waals surface area contributed by atoms with Crippen molar-refractivity contribution in [3.63, 3.8) is 0 Å². The molecular formula is C26H27N3O. The average Bonchev–Trinajstić information content (AvgIpc) is 2.75. The molecule has 4 aromatic rings. The number of nitrogens with zero attached hydrogens (tertiary/aromatic N) is 2. The largest absolute Gasteiger partial charge is 0.492 e. The Hall–Kier alpha value is -3.37. The number of nitrogens with one attached hydrogen (secondary N) is 1. The van der Waals surface area contributed by atoms with Crippen LogP contribution in [0.5, 0.6) is 5.75 Å². The smallest absolute Gasteiger partial charge is 0.121 e. The van der Waals surface area contributed by atoms with Crippen LogP contribution in [-0.2, 0) is 6.54 Å². The Morgan fingerprint density at radius 3 is 2.57 bits per heavy atom. The van der Waals surface area contributed by atoms with Gasteiger partial charge in [0.25, 0.3) is 0 Å². The molecule has 0 aliphatic heterocycles. The van der Waals surface area contributed by atoms with E-state index in [1.54, 1.807) is 0 Å². The minimum Gasteiger partial charge on any atom is -0.492 e. The Balaban J connectivity index is 1.38. The molecule has 0 fully saturated rings. The second-order valence-corrected chi connectivity index (χ2v) is 7.55. The fourth-order valence-corrected chi connectivity index (χ4v) is 3.52. The molecule has 152 valence electrons. The molecular weight excluding hydrogens is 370 g/mol. The first-order valence-electron chi connectivity index (χ1n) is 10.3. The molecule has 0 saturated carbocycles. The first-order chi connectivity index (χ1) is 14.7. The maximum atomic E-state index is 6.01. The molecule has 1 N–H and O–H groups in total. The quantitative estimate of drug-likeness (QED) is 0.408. The van der Waals surface area contributed by atoms with Crippen molar-refractivity contribution >= 4 is 22.3 Å². The minimum atomic E-state index is 0.643. The van der Waals surface area contributed by atoms with E-state index in [4.69, 9.17) is 4.74 Å². The number of hydrogen-bond donors (Lipinski definition) is 1. The number of anilines is 2. The first-order valence-corrected chi connectivity index (χ1v) is 10.3. The SMILES string of the molecule is Cc1cc(Nc2cccc(OCCN(C)Cc3ccccc3)c2)c2ccccc2n1. The predicted octanol–water partition coefficient (Wildman–Crippen LogP) is 5.80. The Kier molecular flexibility index (Phi) is 6.26. The second kappa shape index (κ2) is 9.42. The molecule has 0 aliphatic carbocycles. The molecule has 1 heterocycles. The van der Waals surface area contributed by atoms with Crippen molar-refractivity contribution in [1.29, 1.82) is 0 Å². The van der Waals surface area contributed by atoms with Gasteiger partial charge in [0, 0.05) is 41.6 Å². The summed E-state index contributed by atoms with van der Waals surface area (Å²) >= 11 is 0. The van der Waals surface area contributed by atoms with Crippen molar-refractivity contribution in [3.8, 4) is 5.75 Å². The van der Waals surface area contributed by atoms with Crippen molar-refractivity contribution in [2.24, 2.45) is 0 Å². The summed E-state index contributed by atoms with van der Waals surface area (Å²) in [5.41, 5.74) is 5.35. The molecule has 4 rings (SSSR count). The van der Waals surface area contributed by atoms with Gasteiger partial charge in [0.15, 0.2) is 0 Å². The van der Waals surface area contributed by atoms with Crippen LogP contribution in [0.4, 0.5) is 11.4 Å². The summed E-state index contributed by atoms with van der Waals surface area (Å²) in [6.07, 6.45) is 0. The third-order valence-corrected chi connectivity index (χ3v) is 4.99. The third kappa shape index (κ3) is 5.16. The molecule has 0 spiro atoms. The molecule has 0 saturated heterocycles. The number of aryl methyl sites for hydroxylation is 1. The van der Waals surface area contributed by atoms with Gasteiger partial charge in [-0.3, -0.25) is 9.88 Å². The lowest BCUT2D eigenvalue weighted by Gasteiger charge is -2.17. The molecule has 0 atom stereocenters. The second-order valence-electron chi connectivity index (χ2n) is 7.55. The summed E-state index contributed by atoms with van der Waals surface area (Å²) in [6.45, 7) is 4.44. The summed E-state index contributed by atoms with van der Waals surface area (Å²) in [6, 6.07) is 28.9.